The van der Waals surface area contributed by atoms with Crippen molar-refractivity contribution in [2.45, 2.75) is 25.7 Å². The van der Waals surface area contributed by atoms with Gasteiger partial charge in [-0.2, -0.15) is 13.2 Å². The molecule has 0 unspecified atom stereocenters. The average Bonchev–Trinajstić information content (AvgIpc) is 2.65. The van der Waals surface area contributed by atoms with Crippen LogP contribution in [0.5, 0.6) is 0 Å². The summed E-state index contributed by atoms with van der Waals surface area (Å²) in [5.74, 6) is -1.75. The minimum absolute atomic E-state index is 0.141. The SMILES string of the molecule is C[C@@H](OC(=O)/C=C/c1ccc(C(F)(F)F)cc1)C(=O)NCc1ccc(F)cc1. The molecule has 0 aliphatic rings. The second kappa shape index (κ2) is 9.16. The molecular weight excluding hydrogens is 378 g/mol. The molecule has 4 nitrogen and oxygen atoms in total. The van der Waals surface area contributed by atoms with Gasteiger partial charge in [-0.05, 0) is 48.4 Å². The molecule has 8 heteroatoms. The molecule has 0 aromatic heterocycles. The Labute approximate surface area is 158 Å². The first-order valence-electron chi connectivity index (χ1n) is 8.23. The molecule has 148 valence electrons. The Morgan fingerprint density at radius 3 is 2.25 bits per heavy atom. The van der Waals surface area contributed by atoms with Crippen molar-refractivity contribution in [1.82, 2.24) is 5.32 Å². The fourth-order valence-electron chi connectivity index (χ4n) is 2.15. The summed E-state index contributed by atoms with van der Waals surface area (Å²) >= 11 is 0. The topological polar surface area (TPSA) is 55.4 Å². The van der Waals surface area contributed by atoms with Gasteiger partial charge in [-0.1, -0.05) is 24.3 Å². The summed E-state index contributed by atoms with van der Waals surface area (Å²) in [6, 6.07) is 9.77. The number of halogens is 4. The molecule has 0 spiro atoms. The Kier molecular flexibility index (Phi) is 6.92. The molecule has 1 N–H and O–H groups in total. The van der Waals surface area contributed by atoms with Crippen LogP contribution in [-0.2, 0) is 27.0 Å². The minimum atomic E-state index is -4.43. The lowest BCUT2D eigenvalue weighted by atomic mass is 10.1. The predicted octanol–water partition coefficient (Wildman–Crippen LogP) is 4.11. The molecule has 0 radical (unpaired) electrons. The number of carbonyl (C=O) groups is 2. The smallest absolute Gasteiger partial charge is 0.416 e. The van der Waals surface area contributed by atoms with Crippen molar-refractivity contribution >= 4 is 18.0 Å². The molecular formula is C20H17F4NO3. The molecule has 2 aromatic rings. The summed E-state index contributed by atoms with van der Waals surface area (Å²) in [4.78, 5) is 23.7. The first kappa shape index (κ1) is 21.1. The number of ether oxygens (including phenoxy) is 1. The van der Waals surface area contributed by atoms with Crippen LogP contribution < -0.4 is 5.32 Å². The molecule has 0 fully saturated rings. The molecule has 0 saturated heterocycles. The van der Waals surface area contributed by atoms with Gasteiger partial charge < -0.3 is 10.1 Å². The number of hydrogen-bond acceptors (Lipinski definition) is 3. The summed E-state index contributed by atoms with van der Waals surface area (Å²) in [5, 5.41) is 2.55. The lowest BCUT2D eigenvalue weighted by Gasteiger charge is -2.12. The zero-order valence-corrected chi connectivity index (χ0v) is 14.8. The van der Waals surface area contributed by atoms with E-state index in [1.165, 1.54) is 49.4 Å². The number of rotatable bonds is 6. The fourth-order valence-corrected chi connectivity index (χ4v) is 2.15. The van der Waals surface area contributed by atoms with Gasteiger partial charge in [0.15, 0.2) is 6.10 Å². The molecule has 2 rings (SSSR count). The van der Waals surface area contributed by atoms with Crippen LogP contribution in [0.15, 0.2) is 54.6 Å². The highest BCUT2D eigenvalue weighted by molar-refractivity contribution is 5.90. The minimum Gasteiger partial charge on any atom is -0.449 e. The van der Waals surface area contributed by atoms with E-state index in [-0.39, 0.29) is 6.54 Å². The molecule has 0 saturated carbocycles. The van der Waals surface area contributed by atoms with Crippen molar-refractivity contribution in [3.63, 3.8) is 0 Å². The second-order valence-electron chi connectivity index (χ2n) is 5.88. The lowest BCUT2D eigenvalue weighted by molar-refractivity contribution is -0.150. The molecule has 0 aliphatic heterocycles. The molecule has 0 aliphatic carbocycles. The van der Waals surface area contributed by atoms with Crippen molar-refractivity contribution in [3.8, 4) is 0 Å². The maximum Gasteiger partial charge on any atom is 0.416 e. The van der Waals surface area contributed by atoms with E-state index in [0.29, 0.717) is 11.1 Å². The third-order valence-electron chi connectivity index (χ3n) is 3.69. The van der Waals surface area contributed by atoms with Crippen LogP contribution in [0.4, 0.5) is 17.6 Å². The van der Waals surface area contributed by atoms with Crippen LogP contribution in [0.2, 0.25) is 0 Å². The van der Waals surface area contributed by atoms with Crippen molar-refractivity contribution in [2.75, 3.05) is 0 Å². The van der Waals surface area contributed by atoms with E-state index in [4.69, 9.17) is 4.74 Å². The van der Waals surface area contributed by atoms with E-state index in [0.717, 1.165) is 18.2 Å². The Bertz CT molecular complexity index is 843. The zero-order valence-electron chi connectivity index (χ0n) is 14.8. The highest BCUT2D eigenvalue weighted by Gasteiger charge is 2.29. The van der Waals surface area contributed by atoms with Crippen LogP contribution in [0, 0.1) is 5.82 Å². The number of carbonyl (C=O) groups excluding carboxylic acids is 2. The van der Waals surface area contributed by atoms with Crippen molar-refractivity contribution in [2.24, 2.45) is 0 Å². The van der Waals surface area contributed by atoms with Gasteiger partial charge in [0.2, 0.25) is 0 Å². The van der Waals surface area contributed by atoms with Gasteiger partial charge >= 0.3 is 12.1 Å². The highest BCUT2D eigenvalue weighted by atomic mass is 19.4. The zero-order chi connectivity index (χ0) is 20.7. The maximum absolute atomic E-state index is 12.8. The number of benzene rings is 2. The fraction of sp³-hybridized carbons (Fsp3) is 0.200. The summed E-state index contributed by atoms with van der Waals surface area (Å²) in [5.41, 5.74) is 0.257. The Morgan fingerprint density at radius 1 is 1.07 bits per heavy atom. The van der Waals surface area contributed by atoms with E-state index < -0.39 is 35.5 Å². The van der Waals surface area contributed by atoms with Crippen molar-refractivity contribution in [1.29, 1.82) is 0 Å². The van der Waals surface area contributed by atoms with Crippen LogP contribution in [0.1, 0.15) is 23.6 Å². The predicted molar refractivity (Wildman–Crippen MR) is 94.3 cm³/mol. The van der Waals surface area contributed by atoms with Crippen LogP contribution >= 0.6 is 0 Å². The molecule has 2 aromatic carbocycles. The normalized spacial score (nSPS) is 12.6. The summed E-state index contributed by atoms with van der Waals surface area (Å²) in [6.45, 7) is 1.52. The first-order valence-corrected chi connectivity index (χ1v) is 8.23. The van der Waals surface area contributed by atoms with Gasteiger partial charge in [0.25, 0.3) is 5.91 Å². The molecule has 28 heavy (non-hydrogen) atoms. The van der Waals surface area contributed by atoms with Crippen LogP contribution in [0.3, 0.4) is 0 Å². The van der Waals surface area contributed by atoms with E-state index in [1.54, 1.807) is 0 Å². The van der Waals surface area contributed by atoms with Gasteiger partial charge in [-0.3, -0.25) is 4.79 Å². The van der Waals surface area contributed by atoms with Gasteiger partial charge in [0, 0.05) is 12.6 Å². The van der Waals surface area contributed by atoms with E-state index >= 15 is 0 Å². The monoisotopic (exact) mass is 395 g/mol. The first-order chi connectivity index (χ1) is 13.1. The maximum atomic E-state index is 12.8. The summed E-state index contributed by atoms with van der Waals surface area (Å²) < 4.78 is 55.2. The third-order valence-corrected chi connectivity index (χ3v) is 3.69. The third kappa shape index (κ3) is 6.53. The van der Waals surface area contributed by atoms with E-state index in [1.807, 2.05) is 0 Å². The van der Waals surface area contributed by atoms with Gasteiger partial charge in [-0.15, -0.1) is 0 Å². The highest BCUT2D eigenvalue weighted by Crippen LogP contribution is 2.29. The van der Waals surface area contributed by atoms with Gasteiger partial charge in [0.05, 0.1) is 5.56 Å². The summed E-state index contributed by atoms with van der Waals surface area (Å²) in [7, 11) is 0. The van der Waals surface area contributed by atoms with Crippen LogP contribution in [-0.4, -0.2) is 18.0 Å². The number of nitrogens with one attached hydrogen (secondary N) is 1. The van der Waals surface area contributed by atoms with Crippen molar-refractivity contribution in [3.05, 3.63) is 77.1 Å². The number of esters is 1. The average molecular weight is 395 g/mol. The Balaban J connectivity index is 1.83. The second-order valence-corrected chi connectivity index (χ2v) is 5.88. The summed E-state index contributed by atoms with van der Waals surface area (Å²) in [6.07, 6.45) is -3.21. The van der Waals surface area contributed by atoms with E-state index in [2.05, 4.69) is 5.32 Å². The van der Waals surface area contributed by atoms with Gasteiger partial charge in [0.1, 0.15) is 5.82 Å². The molecule has 0 bridgehead atoms. The Morgan fingerprint density at radius 2 is 1.68 bits per heavy atom. The quantitative estimate of drug-likeness (QED) is 0.455. The Hall–Kier alpha value is -3.16. The largest absolute Gasteiger partial charge is 0.449 e. The number of hydrogen-bond donors (Lipinski definition) is 1. The molecule has 1 amide bonds. The van der Waals surface area contributed by atoms with E-state index in [9.17, 15) is 27.2 Å². The molecule has 1 atom stereocenters. The number of alkyl halides is 3. The number of amides is 1. The standard InChI is InChI=1S/C20H17F4NO3/c1-13(19(27)25-12-15-4-9-17(21)10-5-15)28-18(26)11-6-14-2-7-16(8-3-14)20(22,23)24/h2-11,13H,12H2,1H3,(H,25,27)/b11-6+/t13-/m1/s1. The van der Waals surface area contributed by atoms with Crippen molar-refractivity contribution < 1.29 is 31.9 Å². The lowest BCUT2D eigenvalue weighted by Crippen LogP contribution is -2.35. The molecule has 0 heterocycles. The van der Waals surface area contributed by atoms with Crippen LogP contribution in [0.25, 0.3) is 6.08 Å². The van der Waals surface area contributed by atoms with Gasteiger partial charge in [-0.25, -0.2) is 9.18 Å².